The quantitative estimate of drug-likeness (QED) is 0.285. The number of ketones is 1. The SMILES string of the molecule is CCOC(=O)CCCCCCC1C(=O)C(C(=O)OCC)CC(=O)N1CCCO. The summed E-state index contributed by atoms with van der Waals surface area (Å²) in [7, 11) is 0. The largest absolute Gasteiger partial charge is 0.466 e. The highest BCUT2D eigenvalue weighted by atomic mass is 16.5. The third kappa shape index (κ3) is 7.58. The van der Waals surface area contributed by atoms with Crippen LogP contribution in [0.3, 0.4) is 0 Å². The molecule has 1 aliphatic rings. The highest BCUT2D eigenvalue weighted by Crippen LogP contribution is 2.26. The summed E-state index contributed by atoms with van der Waals surface area (Å²) in [6.07, 6.45) is 4.13. The van der Waals surface area contributed by atoms with Crippen LogP contribution in [0.2, 0.25) is 0 Å². The molecule has 0 spiro atoms. The van der Waals surface area contributed by atoms with Gasteiger partial charge in [-0.1, -0.05) is 19.3 Å². The molecule has 0 saturated carbocycles. The number of carbonyl (C=O) groups is 4. The van der Waals surface area contributed by atoms with Gasteiger partial charge in [-0.05, 0) is 33.1 Å². The number of ether oxygens (including phenoxy) is 2. The number of nitrogens with zero attached hydrogens (tertiary/aromatic N) is 1. The van der Waals surface area contributed by atoms with Crippen LogP contribution in [0.5, 0.6) is 0 Å². The normalized spacial score (nSPS) is 19.6. The van der Waals surface area contributed by atoms with Crippen molar-refractivity contribution >= 4 is 23.6 Å². The van der Waals surface area contributed by atoms with Crippen molar-refractivity contribution in [2.75, 3.05) is 26.4 Å². The van der Waals surface area contributed by atoms with Crippen LogP contribution in [0.25, 0.3) is 0 Å². The van der Waals surface area contributed by atoms with Crippen molar-refractivity contribution < 1.29 is 33.8 Å². The minimum Gasteiger partial charge on any atom is -0.466 e. The van der Waals surface area contributed by atoms with Crippen LogP contribution in [0.4, 0.5) is 0 Å². The molecule has 1 fully saturated rings. The minimum absolute atomic E-state index is 0.0696. The first-order valence-corrected chi connectivity index (χ1v) is 10.2. The molecule has 160 valence electrons. The number of aliphatic hydroxyl groups is 1. The summed E-state index contributed by atoms with van der Waals surface area (Å²) in [6.45, 7) is 4.20. The molecule has 0 aliphatic carbocycles. The molecule has 1 heterocycles. The topological polar surface area (TPSA) is 110 Å². The van der Waals surface area contributed by atoms with Gasteiger partial charge >= 0.3 is 11.9 Å². The van der Waals surface area contributed by atoms with Gasteiger partial charge in [0.1, 0.15) is 5.92 Å². The van der Waals surface area contributed by atoms with Crippen molar-refractivity contribution in [3.63, 3.8) is 0 Å². The monoisotopic (exact) mass is 399 g/mol. The molecule has 0 aromatic carbocycles. The first-order valence-electron chi connectivity index (χ1n) is 10.2. The fourth-order valence-corrected chi connectivity index (χ4v) is 3.41. The summed E-state index contributed by atoms with van der Waals surface area (Å²) in [4.78, 5) is 50.2. The Morgan fingerprint density at radius 2 is 1.71 bits per heavy atom. The number of hydrogen-bond donors (Lipinski definition) is 1. The van der Waals surface area contributed by atoms with Crippen molar-refractivity contribution in [2.45, 2.75) is 71.3 Å². The van der Waals surface area contributed by atoms with E-state index in [2.05, 4.69) is 0 Å². The molecular formula is C20H33NO7. The van der Waals surface area contributed by atoms with E-state index in [-0.39, 0.29) is 37.3 Å². The first kappa shape index (κ1) is 24.1. The zero-order chi connectivity index (χ0) is 20.9. The highest BCUT2D eigenvalue weighted by molar-refractivity contribution is 6.08. The number of hydrogen-bond acceptors (Lipinski definition) is 7. The van der Waals surface area contributed by atoms with Gasteiger partial charge in [0.15, 0.2) is 5.78 Å². The average Bonchev–Trinajstić information content (AvgIpc) is 2.66. The van der Waals surface area contributed by atoms with E-state index >= 15 is 0 Å². The number of unbranched alkanes of at least 4 members (excludes halogenated alkanes) is 3. The van der Waals surface area contributed by atoms with E-state index < -0.39 is 17.9 Å². The van der Waals surface area contributed by atoms with Gasteiger partial charge in [-0.25, -0.2) is 0 Å². The van der Waals surface area contributed by atoms with Crippen LogP contribution < -0.4 is 0 Å². The molecular weight excluding hydrogens is 366 g/mol. The van der Waals surface area contributed by atoms with Gasteiger partial charge in [0, 0.05) is 26.0 Å². The van der Waals surface area contributed by atoms with Crippen LogP contribution in [0.1, 0.15) is 65.2 Å². The van der Waals surface area contributed by atoms with Crippen LogP contribution in [-0.2, 0) is 28.7 Å². The lowest BCUT2D eigenvalue weighted by atomic mass is 9.86. The number of amides is 1. The van der Waals surface area contributed by atoms with E-state index in [1.54, 1.807) is 13.8 Å². The Morgan fingerprint density at radius 1 is 1.04 bits per heavy atom. The first-order chi connectivity index (χ1) is 13.5. The molecule has 28 heavy (non-hydrogen) atoms. The Bertz CT molecular complexity index is 535. The number of esters is 2. The Hall–Kier alpha value is -1.96. The molecule has 8 nitrogen and oxygen atoms in total. The number of carbonyl (C=O) groups excluding carboxylic acids is 4. The summed E-state index contributed by atoms with van der Waals surface area (Å²) in [5.41, 5.74) is 0. The van der Waals surface area contributed by atoms with Crippen LogP contribution in [0.15, 0.2) is 0 Å². The summed E-state index contributed by atoms with van der Waals surface area (Å²) in [5.74, 6) is -2.40. The minimum atomic E-state index is -1.04. The summed E-state index contributed by atoms with van der Waals surface area (Å²) >= 11 is 0. The van der Waals surface area contributed by atoms with Crippen LogP contribution in [-0.4, -0.2) is 66.0 Å². The molecule has 0 radical (unpaired) electrons. The van der Waals surface area contributed by atoms with Gasteiger partial charge in [0.2, 0.25) is 5.91 Å². The smallest absolute Gasteiger partial charge is 0.317 e. The maximum absolute atomic E-state index is 12.8. The molecule has 1 aliphatic heterocycles. The molecule has 0 bridgehead atoms. The molecule has 1 rings (SSSR count). The Labute approximate surface area is 166 Å². The maximum atomic E-state index is 12.8. The predicted octanol–water partition coefficient (Wildman–Crippen LogP) is 1.62. The number of piperidine rings is 1. The van der Waals surface area contributed by atoms with Crippen molar-refractivity contribution in [3.8, 4) is 0 Å². The standard InChI is InChI=1S/C20H33NO7/c1-3-27-18(24)11-8-6-5-7-10-16-19(25)15(20(26)28-4-2)14-17(23)21(16)12-9-13-22/h15-16,22H,3-14H2,1-2H3. The lowest BCUT2D eigenvalue weighted by Gasteiger charge is -2.37. The molecule has 2 atom stereocenters. The maximum Gasteiger partial charge on any atom is 0.317 e. The van der Waals surface area contributed by atoms with E-state index in [4.69, 9.17) is 14.6 Å². The summed E-state index contributed by atoms with van der Waals surface area (Å²) in [6, 6.07) is -0.660. The van der Waals surface area contributed by atoms with Gasteiger partial charge in [-0.2, -0.15) is 0 Å². The molecule has 0 aromatic rings. The lowest BCUT2D eigenvalue weighted by Crippen LogP contribution is -2.55. The van der Waals surface area contributed by atoms with Crippen molar-refractivity contribution in [2.24, 2.45) is 5.92 Å². The zero-order valence-electron chi connectivity index (χ0n) is 17.0. The zero-order valence-corrected chi connectivity index (χ0v) is 17.0. The molecule has 1 N–H and O–H groups in total. The number of aliphatic hydroxyl groups excluding tert-OH is 1. The predicted molar refractivity (Wildman–Crippen MR) is 101 cm³/mol. The molecule has 8 heteroatoms. The van der Waals surface area contributed by atoms with Gasteiger partial charge in [0.25, 0.3) is 0 Å². The summed E-state index contributed by atoms with van der Waals surface area (Å²) < 4.78 is 9.83. The second-order valence-electron chi connectivity index (χ2n) is 6.85. The second-order valence-corrected chi connectivity index (χ2v) is 6.85. The van der Waals surface area contributed by atoms with E-state index in [0.717, 1.165) is 19.3 Å². The van der Waals surface area contributed by atoms with Gasteiger partial charge in [-0.15, -0.1) is 0 Å². The number of Topliss-reactive ketones (excluding diaryl/α,β-unsaturated/α-hetero) is 1. The van der Waals surface area contributed by atoms with Crippen LogP contribution in [0, 0.1) is 5.92 Å². The lowest BCUT2D eigenvalue weighted by molar-refractivity contribution is -0.162. The molecule has 0 aromatic heterocycles. The van der Waals surface area contributed by atoms with Gasteiger partial charge < -0.3 is 19.5 Å². The fourth-order valence-electron chi connectivity index (χ4n) is 3.41. The molecule has 2 unspecified atom stereocenters. The fraction of sp³-hybridized carbons (Fsp3) is 0.800. The third-order valence-corrected chi connectivity index (χ3v) is 4.79. The molecule has 1 saturated heterocycles. The summed E-state index contributed by atoms with van der Waals surface area (Å²) in [5, 5.41) is 9.07. The van der Waals surface area contributed by atoms with E-state index in [1.807, 2.05) is 0 Å². The van der Waals surface area contributed by atoms with E-state index in [9.17, 15) is 19.2 Å². The van der Waals surface area contributed by atoms with E-state index in [0.29, 0.717) is 38.8 Å². The molecule has 1 amide bonds. The Kier molecular flexibility index (Phi) is 11.4. The van der Waals surface area contributed by atoms with E-state index in [1.165, 1.54) is 4.90 Å². The van der Waals surface area contributed by atoms with Gasteiger partial charge in [-0.3, -0.25) is 19.2 Å². The third-order valence-electron chi connectivity index (χ3n) is 4.79. The Balaban J connectivity index is 2.59. The van der Waals surface area contributed by atoms with Gasteiger partial charge in [0.05, 0.1) is 19.3 Å². The Morgan fingerprint density at radius 3 is 2.36 bits per heavy atom. The van der Waals surface area contributed by atoms with Crippen LogP contribution >= 0.6 is 0 Å². The van der Waals surface area contributed by atoms with Crippen molar-refractivity contribution in [1.29, 1.82) is 0 Å². The van der Waals surface area contributed by atoms with Crippen molar-refractivity contribution in [3.05, 3.63) is 0 Å². The number of likely N-dealkylation sites (tertiary alicyclic amines) is 1. The number of rotatable bonds is 13. The second kappa shape index (κ2) is 13.3. The average molecular weight is 399 g/mol. The highest BCUT2D eigenvalue weighted by Gasteiger charge is 2.44. The van der Waals surface area contributed by atoms with Crippen molar-refractivity contribution in [1.82, 2.24) is 4.90 Å².